The summed E-state index contributed by atoms with van der Waals surface area (Å²) in [6.07, 6.45) is 2.23. The molecule has 1 aliphatic heterocycles. The normalized spacial score (nSPS) is 20.8. The van der Waals surface area contributed by atoms with Gasteiger partial charge in [-0.1, -0.05) is 0 Å². The Morgan fingerprint density at radius 2 is 2.25 bits per heavy atom. The lowest BCUT2D eigenvalue weighted by Gasteiger charge is -2.23. The van der Waals surface area contributed by atoms with Crippen LogP contribution in [0.5, 0.6) is 0 Å². The average Bonchev–Trinajstić information content (AvgIpc) is 3.22. The van der Waals surface area contributed by atoms with E-state index < -0.39 is 0 Å². The molecule has 0 spiro atoms. The van der Waals surface area contributed by atoms with Crippen molar-refractivity contribution >= 4 is 5.91 Å². The van der Waals surface area contributed by atoms with E-state index in [9.17, 15) is 9.59 Å². The highest BCUT2D eigenvalue weighted by Crippen LogP contribution is 2.33. The van der Waals surface area contributed by atoms with Crippen LogP contribution in [0, 0.1) is 6.92 Å². The molecular weight excluding hydrogens is 312 g/mol. The number of likely N-dealkylation sites (tertiary alicyclic amines) is 1. The molecule has 24 heavy (non-hydrogen) atoms. The smallest absolute Gasteiger partial charge is 0.343 e. The SMILES string of the molecule is CCn1c([C@@H]2C[C@H](OC)CN2C(=O)c2cn(C)nc2C)n[nH]c1=O. The second-order valence-corrected chi connectivity index (χ2v) is 6.00. The second-order valence-electron chi connectivity index (χ2n) is 6.00. The fraction of sp³-hybridized carbons (Fsp3) is 0.600. The molecular formula is C15H22N6O3. The Morgan fingerprint density at radius 3 is 2.83 bits per heavy atom. The van der Waals surface area contributed by atoms with Gasteiger partial charge in [-0.15, -0.1) is 0 Å². The van der Waals surface area contributed by atoms with Crippen molar-refractivity contribution < 1.29 is 9.53 Å². The third-order valence-electron chi connectivity index (χ3n) is 4.50. The Bertz CT molecular complexity index is 804. The lowest BCUT2D eigenvalue weighted by atomic mass is 10.1. The van der Waals surface area contributed by atoms with Crippen LogP contribution in [0.3, 0.4) is 0 Å². The highest BCUT2D eigenvalue weighted by Gasteiger charge is 2.40. The number of carbonyl (C=O) groups is 1. The van der Waals surface area contributed by atoms with Crippen LogP contribution in [0.4, 0.5) is 0 Å². The minimum absolute atomic E-state index is 0.0898. The molecule has 0 saturated carbocycles. The van der Waals surface area contributed by atoms with Crippen LogP contribution in [0.25, 0.3) is 0 Å². The summed E-state index contributed by atoms with van der Waals surface area (Å²) in [5.74, 6) is 0.445. The molecule has 3 rings (SSSR count). The van der Waals surface area contributed by atoms with E-state index >= 15 is 0 Å². The third-order valence-corrected chi connectivity index (χ3v) is 4.50. The van der Waals surface area contributed by atoms with Crippen LogP contribution in [0.2, 0.25) is 0 Å². The molecule has 130 valence electrons. The number of nitrogens with zero attached hydrogens (tertiary/aromatic N) is 5. The van der Waals surface area contributed by atoms with Crippen molar-refractivity contribution in [3.63, 3.8) is 0 Å². The predicted octanol–water partition coefficient (Wildman–Crippen LogP) is 0.235. The molecule has 2 atom stereocenters. The first-order valence-electron chi connectivity index (χ1n) is 7.95. The van der Waals surface area contributed by atoms with E-state index in [1.807, 2.05) is 13.8 Å². The number of rotatable bonds is 4. The zero-order chi connectivity index (χ0) is 17.4. The van der Waals surface area contributed by atoms with E-state index in [0.29, 0.717) is 36.6 Å². The average molecular weight is 334 g/mol. The van der Waals surface area contributed by atoms with Crippen molar-refractivity contribution in [2.75, 3.05) is 13.7 Å². The van der Waals surface area contributed by atoms with Crippen LogP contribution in [-0.2, 0) is 18.3 Å². The zero-order valence-corrected chi connectivity index (χ0v) is 14.3. The number of aryl methyl sites for hydroxylation is 2. The number of aromatic amines is 1. The number of aromatic nitrogens is 5. The fourth-order valence-electron chi connectivity index (χ4n) is 3.29. The quantitative estimate of drug-likeness (QED) is 0.863. The Kier molecular flexibility index (Phi) is 4.27. The Labute approximate surface area is 139 Å². The summed E-state index contributed by atoms with van der Waals surface area (Å²) < 4.78 is 8.63. The molecule has 1 amide bonds. The van der Waals surface area contributed by atoms with Gasteiger partial charge in [-0.05, 0) is 13.8 Å². The molecule has 0 aromatic carbocycles. The van der Waals surface area contributed by atoms with E-state index in [4.69, 9.17) is 4.74 Å². The van der Waals surface area contributed by atoms with Gasteiger partial charge in [-0.3, -0.25) is 14.0 Å². The maximum Gasteiger partial charge on any atom is 0.343 e. The van der Waals surface area contributed by atoms with Gasteiger partial charge in [0.2, 0.25) is 0 Å². The monoisotopic (exact) mass is 334 g/mol. The van der Waals surface area contributed by atoms with Gasteiger partial charge in [-0.2, -0.15) is 10.2 Å². The highest BCUT2D eigenvalue weighted by atomic mass is 16.5. The zero-order valence-electron chi connectivity index (χ0n) is 14.3. The third kappa shape index (κ3) is 2.64. The second kappa shape index (κ2) is 6.23. The van der Waals surface area contributed by atoms with Gasteiger partial charge in [-0.25, -0.2) is 9.89 Å². The van der Waals surface area contributed by atoms with Gasteiger partial charge >= 0.3 is 5.69 Å². The molecule has 2 aromatic heterocycles. The summed E-state index contributed by atoms with van der Waals surface area (Å²) in [4.78, 5) is 26.6. The van der Waals surface area contributed by atoms with Crippen molar-refractivity contribution in [1.29, 1.82) is 0 Å². The van der Waals surface area contributed by atoms with Crippen molar-refractivity contribution in [1.82, 2.24) is 29.4 Å². The largest absolute Gasteiger partial charge is 0.380 e. The first-order valence-corrected chi connectivity index (χ1v) is 7.95. The van der Waals surface area contributed by atoms with Gasteiger partial charge in [0, 0.05) is 39.9 Å². The van der Waals surface area contributed by atoms with E-state index in [-0.39, 0.29) is 23.7 Å². The van der Waals surface area contributed by atoms with Gasteiger partial charge < -0.3 is 9.64 Å². The lowest BCUT2D eigenvalue weighted by Crippen LogP contribution is -2.34. The number of H-pyrrole nitrogens is 1. The summed E-state index contributed by atoms with van der Waals surface area (Å²) in [5, 5.41) is 10.9. The molecule has 0 aliphatic carbocycles. The minimum atomic E-state index is -0.305. The fourth-order valence-corrected chi connectivity index (χ4v) is 3.29. The lowest BCUT2D eigenvalue weighted by molar-refractivity contribution is 0.0681. The number of carbonyl (C=O) groups excluding carboxylic acids is 1. The van der Waals surface area contributed by atoms with Crippen LogP contribution in [0.15, 0.2) is 11.0 Å². The van der Waals surface area contributed by atoms with Crippen LogP contribution in [0.1, 0.15) is 41.3 Å². The maximum atomic E-state index is 13.0. The summed E-state index contributed by atoms with van der Waals surface area (Å²) in [6, 6.07) is -0.305. The van der Waals surface area contributed by atoms with Crippen LogP contribution >= 0.6 is 0 Å². The van der Waals surface area contributed by atoms with Crippen molar-refractivity contribution in [3.05, 3.63) is 33.8 Å². The van der Waals surface area contributed by atoms with Crippen LogP contribution < -0.4 is 5.69 Å². The number of amides is 1. The van der Waals surface area contributed by atoms with E-state index in [1.165, 1.54) is 0 Å². The molecule has 2 aromatic rings. The Hall–Kier alpha value is -2.42. The molecule has 0 unspecified atom stereocenters. The predicted molar refractivity (Wildman–Crippen MR) is 85.7 cm³/mol. The summed E-state index contributed by atoms with van der Waals surface area (Å²) in [7, 11) is 3.41. The summed E-state index contributed by atoms with van der Waals surface area (Å²) in [5.41, 5.74) is 0.968. The molecule has 1 fully saturated rings. The van der Waals surface area contributed by atoms with Crippen molar-refractivity contribution in [2.24, 2.45) is 7.05 Å². The number of nitrogens with one attached hydrogen (secondary N) is 1. The molecule has 9 heteroatoms. The van der Waals surface area contributed by atoms with Gasteiger partial charge in [0.25, 0.3) is 5.91 Å². The number of methoxy groups -OCH3 is 1. The molecule has 9 nitrogen and oxygen atoms in total. The Morgan fingerprint density at radius 1 is 1.50 bits per heavy atom. The minimum Gasteiger partial charge on any atom is -0.380 e. The molecule has 1 N–H and O–H groups in total. The maximum absolute atomic E-state index is 13.0. The molecule has 0 radical (unpaired) electrons. The van der Waals surface area contributed by atoms with Gasteiger partial charge in [0.1, 0.15) is 0 Å². The molecule has 1 aliphatic rings. The van der Waals surface area contributed by atoms with Gasteiger partial charge in [0.05, 0.1) is 23.4 Å². The standard InChI is InChI=1S/C15H22N6O3/c1-5-20-13(16-17-15(20)23)12-6-10(24-4)7-21(12)14(22)11-8-19(3)18-9(11)2/h8,10,12H,5-7H2,1-4H3,(H,17,23)/t10-,12-/m0/s1. The first-order chi connectivity index (χ1) is 11.5. The number of hydrogen-bond donors (Lipinski definition) is 1. The highest BCUT2D eigenvalue weighted by molar-refractivity contribution is 5.95. The van der Waals surface area contributed by atoms with Crippen molar-refractivity contribution in [3.8, 4) is 0 Å². The number of ether oxygens (including phenoxy) is 1. The van der Waals surface area contributed by atoms with E-state index in [1.54, 1.807) is 34.5 Å². The van der Waals surface area contributed by atoms with E-state index in [0.717, 1.165) is 0 Å². The Balaban J connectivity index is 1.99. The van der Waals surface area contributed by atoms with Crippen LogP contribution in [-0.4, -0.2) is 55.1 Å². The topological polar surface area (TPSA) is 98.0 Å². The van der Waals surface area contributed by atoms with Gasteiger partial charge in [0.15, 0.2) is 5.82 Å². The first kappa shape index (κ1) is 16.4. The van der Waals surface area contributed by atoms with Crippen molar-refractivity contribution in [2.45, 2.75) is 39.0 Å². The molecule has 1 saturated heterocycles. The summed E-state index contributed by atoms with van der Waals surface area (Å²) in [6.45, 7) is 4.63. The molecule has 3 heterocycles. The molecule has 0 bridgehead atoms. The summed E-state index contributed by atoms with van der Waals surface area (Å²) >= 11 is 0. The van der Waals surface area contributed by atoms with E-state index in [2.05, 4.69) is 15.3 Å². The number of hydrogen-bond acceptors (Lipinski definition) is 5.